The third-order valence-electron chi connectivity index (χ3n) is 1.59. The van der Waals surface area contributed by atoms with Gasteiger partial charge in [0.05, 0.1) is 0 Å². The Kier molecular flexibility index (Phi) is 2.47. The first kappa shape index (κ1) is 8.05. The molecule has 1 nitrogen and oxygen atoms in total. The fraction of sp³-hybridized carbons (Fsp3) is 0.333. The van der Waals surface area contributed by atoms with Crippen LogP contribution in [0.1, 0.15) is 18.9 Å². The summed E-state index contributed by atoms with van der Waals surface area (Å²) in [6.07, 6.45) is 1.71. The second kappa shape index (κ2) is 3.37. The van der Waals surface area contributed by atoms with E-state index in [1.54, 1.807) is 12.1 Å². The van der Waals surface area contributed by atoms with Crippen LogP contribution in [0.25, 0.3) is 0 Å². The molecule has 0 bridgehead atoms. The molecule has 11 heavy (non-hydrogen) atoms. The molecule has 0 aliphatic carbocycles. The van der Waals surface area contributed by atoms with Crippen LogP contribution in [-0.2, 0) is 6.42 Å². The molecule has 0 atom stereocenters. The maximum atomic E-state index is 12.9. The summed E-state index contributed by atoms with van der Waals surface area (Å²) in [5, 5.41) is 0. The van der Waals surface area contributed by atoms with E-state index in [0.717, 1.165) is 12.8 Å². The molecule has 2 N–H and O–H groups in total. The van der Waals surface area contributed by atoms with Crippen molar-refractivity contribution in [3.05, 3.63) is 29.6 Å². The van der Waals surface area contributed by atoms with Crippen LogP contribution in [0, 0.1) is 5.82 Å². The van der Waals surface area contributed by atoms with Crippen molar-refractivity contribution < 1.29 is 4.39 Å². The van der Waals surface area contributed by atoms with Gasteiger partial charge in [0, 0.05) is 5.69 Å². The highest BCUT2D eigenvalue weighted by Crippen LogP contribution is 2.13. The normalized spacial score (nSPS) is 10.0. The van der Waals surface area contributed by atoms with Crippen molar-refractivity contribution in [3.63, 3.8) is 0 Å². The number of nitrogens with two attached hydrogens (primary N) is 1. The van der Waals surface area contributed by atoms with E-state index in [2.05, 4.69) is 0 Å². The minimum absolute atomic E-state index is 0.152. The Morgan fingerprint density at radius 3 is 2.82 bits per heavy atom. The maximum absolute atomic E-state index is 12.9. The summed E-state index contributed by atoms with van der Waals surface area (Å²) >= 11 is 0. The molecular weight excluding hydrogens is 141 g/mol. The first-order valence-electron chi connectivity index (χ1n) is 3.78. The summed E-state index contributed by atoms with van der Waals surface area (Å²) in [7, 11) is 0. The van der Waals surface area contributed by atoms with E-state index in [1.165, 1.54) is 6.07 Å². The van der Waals surface area contributed by atoms with Crippen LogP contribution in [-0.4, -0.2) is 0 Å². The van der Waals surface area contributed by atoms with Gasteiger partial charge in [-0.3, -0.25) is 0 Å². The molecule has 1 aromatic carbocycles. The second-order valence-electron chi connectivity index (χ2n) is 2.60. The van der Waals surface area contributed by atoms with E-state index in [9.17, 15) is 4.39 Å². The van der Waals surface area contributed by atoms with E-state index in [-0.39, 0.29) is 5.82 Å². The van der Waals surface area contributed by atoms with Crippen LogP contribution in [0.2, 0.25) is 0 Å². The molecule has 0 aliphatic rings. The zero-order valence-electron chi connectivity index (χ0n) is 6.60. The van der Waals surface area contributed by atoms with Crippen LogP contribution in [0.15, 0.2) is 18.2 Å². The van der Waals surface area contributed by atoms with Crippen LogP contribution in [0.3, 0.4) is 0 Å². The average Bonchev–Trinajstić information content (AvgIpc) is 1.98. The average molecular weight is 153 g/mol. The Balaban J connectivity index is 2.93. The fourth-order valence-electron chi connectivity index (χ4n) is 1.06. The molecule has 2 heteroatoms. The lowest BCUT2D eigenvalue weighted by Crippen LogP contribution is -1.92. The van der Waals surface area contributed by atoms with Gasteiger partial charge in [-0.1, -0.05) is 13.3 Å². The zero-order chi connectivity index (χ0) is 8.27. The van der Waals surface area contributed by atoms with Crippen molar-refractivity contribution in [1.29, 1.82) is 0 Å². The summed E-state index contributed by atoms with van der Waals surface area (Å²) in [5.41, 5.74) is 6.84. The molecular formula is C9H12FN. The number of hydrogen-bond donors (Lipinski definition) is 1. The van der Waals surface area contributed by atoms with Crippen LogP contribution in [0.5, 0.6) is 0 Å². The third-order valence-corrected chi connectivity index (χ3v) is 1.59. The molecule has 0 fully saturated rings. The van der Waals surface area contributed by atoms with Gasteiger partial charge in [0.15, 0.2) is 0 Å². The topological polar surface area (TPSA) is 26.0 Å². The smallest absolute Gasteiger partial charge is 0.126 e. The number of hydrogen-bond acceptors (Lipinski definition) is 1. The van der Waals surface area contributed by atoms with E-state index in [4.69, 9.17) is 5.73 Å². The quantitative estimate of drug-likeness (QED) is 0.648. The predicted molar refractivity (Wildman–Crippen MR) is 44.8 cm³/mol. The minimum atomic E-state index is -0.152. The molecule has 0 saturated heterocycles. The minimum Gasteiger partial charge on any atom is -0.399 e. The summed E-state index contributed by atoms with van der Waals surface area (Å²) < 4.78 is 12.9. The van der Waals surface area contributed by atoms with Crippen molar-refractivity contribution in [1.82, 2.24) is 0 Å². The molecule has 60 valence electrons. The Bertz CT molecular complexity index is 245. The summed E-state index contributed by atoms with van der Waals surface area (Å²) in [4.78, 5) is 0. The van der Waals surface area contributed by atoms with E-state index in [1.807, 2.05) is 6.92 Å². The van der Waals surface area contributed by atoms with Crippen molar-refractivity contribution in [2.24, 2.45) is 0 Å². The molecule has 0 aliphatic heterocycles. The molecule has 0 saturated carbocycles. The number of rotatable bonds is 2. The Hall–Kier alpha value is -1.05. The molecule has 0 radical (unpaired) electrons. The van der Waals surface area contributed by atoms with Crippen molar-refractivity contribution in [2.75, 3.05) is 5.73 Å². The molecule has 0 aromatic heterocycles. The second-order valence-corrected chi connectivity index (χ2v) is 2.60. The zero-order valence-corrected chi connectivity index (χ0v) is 6.60. The third kappa shape index (κ3) is 1.93. The van der Waals surface area contributed by atoms with E-state index >= 15 is 0 Å². The van der Waals surface area contributed by atoms with Crippen molar-refractivity contribution >= 4 is 5.69 Å². The molecule has 1 rings (SSSR count). The number of aryl methyl sites for hydroxylation is 1. The molecule has 0 heterocycles. The summed E-state index contributed by atoms with van der Waals surface area (Å²) in [6, 6.07) is 4.69. The van der Waals surface area contributed by atoms with E-state index in [0.29, 0.717) is 11.3 Å². The first-order chi connectivity index (χ1) is 5.24. The molecule has 0 unspecified atom stereocenters. The Morgan fingerprint density at radius 1 is 1.45 bits per heavy atom. The summed E-state index contributed by atoms with van der Waals surface area (Å²) in [6.45, 7) is 2.02. The number of anilines is 1. The highest BCUT2D eigenvalue weighted by Gasteiger charge is 1.99. The van der Waals surface area contributed by atoms with Crippen molar-refractivity contribution in [2.45, 2.75) is 19.8 Å². The van der Waals surface area contributed by atoms with Gasteiger partial charge in [-0.25, -0.2) is 4.39 Å². The Labute approximate surface area is 66.0 Å². The van der Waals surface area contributed by atoms with Gasteiger partial charge >= 0.3 is 0 Å². The van der Waals surface area contributed by atoms with E-state index < -0.39 is 0 Å². The molecule has 1 aromatic rings. The maximum Gasteiger partial charge on any atom is 0.126 e. The highest BCUT2D eigenvalue weighted by atomic mass is 19.1. The van der Waals surface area contributed by atoms with Gasteiger partial charge in [0.25, 0.3) is 0 Å². The molecule has 0 amide bonds. The van der Waals surface area contributed by atoms with Crippen LogP contribution >= 0.6 is 0 Å². The van der Waals surface area contributed by atoms with Gasteiger partial charge in [0.2, 0.25) is 0 Å². The highest BCUT2D eigenvalue weighted by molar-refractivity contribution is 5.41. The van der Waals surface area contributed by atoms with Gasteiger partial charge < -0.3 is 5.73 Å². The SMILES string of the molecule is CCCc1cc(N)ccc1F. The number of nitrogen functional groups attached to an aromatic ring is 1. The molecule has 0 spiro atoms. The lowest BCUT2D eigenvalue weighted by Gasteiger charge is -2.01. The van der Waals surface area contributed by atoms with Gasteiger partial charge in [-0.05, 0) is 30.2 Å². The first-order valence-corrected chi connectivity index (χ1v) is 3.78. The largest absolute Gasteiger partial charge is 0.399 e. The summed E-state index contributed by atoms with van der Waals surface area (Å²) in [5.74, 6) is -0.152. The van der Waals surface area contributed by atoms with Crippen LogP contribution in [0.4, 0.5) is 10.1 Å². The number of halogens is 1. The Morgan fingerprint density at radius 2 is 2.18 bits per heavy atom. The lowest BCUT2D eigenvalue weighted by atomic mass is 10.1. The lowest BCUT2D eigenvalue weighted by molar-refractivity contribution is 0.607. The van der Waals surface area contributed by atoms with Gasteiger partial charge in [0.1, 0.15) is 5.82 Å². The van der Waals surface area contributed by atoms with Gasteiger partial charge in [-0.2, -0.15) is 0 Å². The van der Waals surface area contributed by atoms with Crippen LogP contribution < -0.4 is 5.73 Å². The van der Waals surface area contributed by atoms with Gasteiger partial charge in [-0.15, -0.1) is 0 Å². The standard InChI is InChI=1S/C9H12FN/c1-2-3-7-6-8(11)4-5-9(7)10/h4-6H,2-3,11H2,1H3. The predicted octanol–water partition coefficient (Wildman–Crippen LogP) is 2.36. The monoisotopic (exact) mass is 153 g/mol. The number of benzene rings is 1. The van der Waals surface area contributed by atoms with Crippen molar-refractivity contribution in [3.8, 4) is 0 Å². The fourth-order valence-corrected chi connectivity index (χ4v) is 1.06.